The van der Waals surface area contributed by atoms with Crippen LogP contribution in [-0.2, 0) is 16.0 Å². The molecule has 2 aromatic heterocycles. The number of nitrogens with one attached hydrogen (secondary N) is 1. The summed E-state index contributed by atoms with van der Waals surface area (Å²) in [4.78, 5) is 41.3. The summed E-state index contributed by atoms with van der Waals surface area (Å²) in [5, 5.41) is 7.00. The number of rotatable bonds is 5. The van der Waals surface area contributed by atoms with Gasteiger partial charge in [-0.15, -0.1) is 5.10 Å². The third kappa shape index (κ3) is 4.40. The first-order valence-electron chi connectivity index (χ1n) is 10.1. The highest BCUT2D eigenvalue weighted by Crippen LogP contribution is 2.22. The van der Waals surface area contributed by atoms with Crippen molar-refractivity contribution in [1.82, 2.24) is 24.8 Å². The molecule has 1 radical (unpaired) electrons. The number of aromatic nitrogens is 3. The van der Waals surface area contributed by atoms with Gasteiger partial charge in [-0.3, -0.25) is 14.4 Å². The van der Waals surface area contributed by atoms with Gasteiger partial charge < -0.3 is 16.0 Å². The molecular formula is C22H23N6O3. The number of amides is 3. The van der Waals surface area contributed by atoms with E-state index in [-0.39, 0.29) is 23.4 Å². The molecule has 0 saturated carbocycles. The minimum absolute atomic E-state index is 0.0322. The Bertz CT molecular complexity index is 1130. The van der Waals surface area contributed by atoms with Gasteiger partial charge >= 0.3 is 0 Å². The summed E-state index contributed by atoms with van der Waals surface area (Å²) < 4.78 is 1.53. The topological polar surface area (TPSA) is 123 Å². The fourth-order valence-electron chi connectivity index (χ4n) is 3.91. The van der Waals surface area contributed by atoms with Gasteiger partial charge in [-0.1, -0.05) is 24.3 Å². The summed E-state index contributed by atoms with van der Waals surface area (Å²) in [7, 11) is 0. The van der Waals surface area contributed by atoms with Crippen molar-refractivity contribution >= 4 is 23.4 Å². The molecule has 1 aromatic carbocycles. The summed E-state index contributed by atoms with van der Waals surface area (Å²) in [6.45, 7) is 2.81. The standard InChI is InChI=1S/C22H23N6O3/c1-14(29)26-17-8-10-27(11-9-17)20(30)12-15-2-4-16(5-3-15)19-7-6-18(21(23)31)22-24-13-25-28(19)22/h2-7,17H,8-12H2,1H3,(H2,23,31)(H,26,29). The lowest BCUT2D eigenvalue weighted by Crippen LogP contribution is -2.46. The van der Waals surface area contributed by atoms with Crippen LogP contribution >= 0.6 is 0 Å². The van der Waals surface area contributed by atoms with E-state index >= 15 is 0 Å². The largest absolute Gasteiger partial charge is 0.365 e. The number of nitrogens with two attached hydrogens (primary N) is 1. The van der Waals surface area contributed by atoms with Crippen LogP contribution in [0.3, 0.4) is 0 Å². The summed E-state index contributed by atoms with van der Waals surface area (Å²) in [5.74, 6) is -0.531. The molecule has 0 aliphatic carbocycles. The second-order valence-electron chi connectivity index (χ2n) is 7.67. The Morgan fingerprint density at radius 3 is 2.48 bits per heavy atom. The maximum absolute atomic E-state index is 12.7. The van der Waals surface area contributed by atoms with Crippen molar-refractivity contribution in [2.45, 2.75) is 32.2 Å². The lowest BCUT2D eigenvalue weighted by molar-refractivity contribution is -0.131. The lowest BCUT2D eigenvalue weighted by atomic mass is 10.0. The molecule has 4 rings (SSSR count). The van der Waals surface area contributed by atoms with Gasteiger partial charge in [0.25, 0.3) is 5.91 Å². The van der Waals surface area contributed by atoms with E-state index in [1.165, 1.54) is 11.4 Å². The minimum atomic E-state index is -0.576. The number of pyridine rings is 1. The van der Waals surface area contributed by atoms with Gasteiger partial charge in [-0.2, -0.15) is 0 Å². The average Bonchev–Trinajstić information content (AvgIpc) is 3.23. The summed E-state index contributed by atoms with van der Waals surface area (Å²) >= 11 is 0. The van der Waals surface area contributed by atoms with Gasteiger partial charge in [-0.05, 0) is 30.5 Å². The van der Waals surface area contributed by atoms with Gasteiger partial charge in [-0.25, -0.2) is 9.50 Å². The Hall–Kier alpha value is -3.75. The molecule has 1 fully saturated rings. The van der Waals surface area contributed by atoms with E-state index < -0.39 is 5.91 Å². The second-order valence-corrected chi connectivity index (χ2v) is 7.67. The molecule has 1 aliphatic rings. The number of carbonyl (C=O) groups is 3. The van der Waals surface area contributed by atoms with Crippen molar-refractivity contribution in [3.05, 3.63) is 53.9 Å². The third-order valence-electron chi connectivity index (χ3n) is 5.50. The van der Waals surface area contributed by atoms with E-state index in [0.717, 1.165) is 29.7 Å². The minimum Gasteiger partial charge on any atom is -0.365 e. The van der Waals surface area contributed by atoms with Crippen LogP contribution in [-0.4, -0.2) is 56.4 Å². The number of fused-ring (bicyclic) bond motifs is 1. The van der Waals surface area contributed by atoms with Crippen molar-refractivity contribution in [2.75, 3.05) is 13.1 Å². The molecular weight excluding hydrogens is 396 g/mol. The SMILES string of the molecule is CC(=O)NC1CCN(C(=O)Cc2ccc(-c3ccc(C(N)=O)c4n[c]nn34)cc2)CC1. The number of primary amides is 1. The van der Waals surface area contributed by atoms with Crippen LogP contribution in [0.5, 0.6) is 0 Å². The van der Waals surface area contributed by atoms with Gasteiger partial charge in [0, 0.05) is 31.6 Å². The van der Waals surface area contributed by atoms with E-state index in [1.54, 1.807) is 12.1 Å². The number of nitrogens with zero attached hydrogens (tertiary/aromatic N) is 4. The van der Waals surface area contributed by atoms with E-state index in [1.807, 2.05) is 29.2 Å². The van der Waals surface area contributed by atoms with Crippen LogP contribution < -0.4 is 11.1 Å². The predicted molar refractivity (Wildman–Crippen MR) is 113 cm³/mol. The fourth-order valence-corrected chi connectivity index (χ4v) is 3.91. The Balaban J connectivity index is 1.44. The van der Waals surface area contributed by atoms with Gasteiger partial charge in [0.15, 0.2) is 5.65 Å². The van der Waals surface area contributed by atoms with Gasteiger partial charge in [0.2, 0.25) is 18.1 Å². The Morgan fingerprint density at radius 2 is 1.84 bits per heavy atom. The molecule has 31 heavy (non-hydrogen) atoms. The third-order valence-corrected chi connectivity index (χ3v) is 5.50. The zero-order chi connectivity index (χ0) is 22.0. The normalized spacial score (nSPS) is 14.5. The average molecular weight is 419 g/mol. The zero-order valence-corrected chi connectivity index (χ0v) is 17.2. The molecule has 3 aromatic rings. The first-order chi connectivity index (χ1) is 14.9. The molecule has 3 amide bonds. The van der Waals surface area contributed by atoms with Crippen LogP contribution in [0.1, 0.15) is 35.7 Å². The number of hydrogen-bond acceptors (Lipinski definition) is 5. The number of hydrogen-bond donors (Lipinski definition) is 2. The van der Waals surface area contributed by atoms with Crippen molar-refractivity contribution in [3.8, 4) is 11.3 Å². The van der Waals surface area contributed by atoms with Crippen LogP contribution in [0.4, 0.5) is 0 Å². The maximum atomic E-state index is 12.7. The van der Waals surface area contributed by atoms with Crippen molar-refractivity contribution in [1.29, 1.82) is 0 Å². The van der Waals surface area contributed by atoms with Crippen LogP contribution in [0, 0.1) is 6.33 Å². The smallest absolute Gasteiger partial charge is 0.252 e. The number of carbonyl (C=O) groups excluding carboxylic acids is 3. The van der Waals surface area contributed by atoms with Crippen LogP contribution in [0.25, 0.3) is 16.9 Å². The number of piperidine rings is 1. The molecule has 9 heteroatoms. The van der Waals surface area contributed by atoms with Gasteiger partial charge in [0.05, 0.1) is 17.7 Å². The van der Waals surface area contributed by atoms with Crippen molar-refractivity contribution < 1.29 is 14.4 Å². The van der Waals surface area contributed by atoms with Crippen molar-refractivity contribution in [3.63, 3.8) is 0 Å². The van der Waals surface area contributed by atoms with E-state index in [2.05, 4.69) is 21.7 Å². The molecule has 159 valence electrons. The molecule has 0 spiro atoms. The first-order valence-corrected chi connectivity index (χ1v) is 10.1. The van der Waals surface area contributed by atoms with Crippen LogP contribution in [0.15, 0.2) is 36.4 Å². The molecule has 0 atom stereocenters. The molecule has 3 N–H and O–H groups in total. The summed E-state index contributed by atoms with van der Waals surface area (Å²) in [6.07, 6.45) is 4.38. The highest BCUT2D eigenvalue weighted by atomic mass is 16.2. The first kappa shape index (κ1) is 20.5. The molecule has 1 aliphatic heterocycles. The lowest BCUT2D eigenvalue weighted by Gasteiger charge is -2.32. The Kier molecular flexibility index (Phi) is 5.66. The summed E-state index contributed by atoms with van der Waals surface area (Å²) in [5.41, 5.74) is 8.55. The molecule has 0 unspecified atom stereocenters. The molecule has 0 bridgehead atoms. The van der Waals surface area contributed by atoms with Gasteiger partial charge in [0.1, 0.15) is 0 Å². The Labute approximate surface area is 179 Å². The summed E-state index contributed by atoms with van der Waals surface area (Å²) in [6, 6.07) is 11.2. The fraction of sp³-hybridized carbons (Fsp3) is 0.318. The highest BCUT2D eigenvalue weighted by molar-refractivity contribution is 5.99. The molecule has 3 heterocycles. The van der Waals surface area contributed by atoms with E-state index in [4.69, 9.17) is 5.73 Å². The monoisotopic (exact) mass is 419 g/mol. The predicted octanol–water partition coefficient (Wildman–Crippen LogP) is 0.965. The quantitative estimate of drug-likeness (QED) is 0.638. The van der Waals surface area contributed by atoms with Crippen LogP contribution in [0.2, 0.25) is 0 Å². The zero-order valence-electron chi connectivity index (χ0n) is 17.2. The Morgan fingerprint density at radius 1 is 1.13 bits per heavy atom. The maximum Gasteiger partial charge on any atom is 0.252 e. The number of benzene rings is 1. The second kappa shape index (κ2) is 8.55. The highest BCUT2D eigenvalue weighted by Gasteiger charge is 2.23. The van der Waals surface area contributed by atoms with Crippen molar-refractivity contribution in [2.24, 2.45) is 5.73 Å². The molecule has 9 nitrogen and oxygen atoms in total. The number of likely N-dealkylation sites (tertiary alicyclic amines) is 1. The molecule has 1 saturated heterocycles. The van der Waals surface area contributed by atoms with E-state index in [9.17, 15) is 14.4 Å². The van der Waals surface area contributed by atoms with E-state index in [0.29, 0.717) is 25.2 Å².